The van der Waals surface area contributed by atoms with E-state index in [0.29, 0.717) is 0 Å². The maximum absolute atomic E-state index is 4.07. The van der Waals surface area contributed by atoms with E-state index in [2.05, 4.69) is 37.1 Å². The Kier molecular flexibility index (Phi) is 2.18. The minimum absolute atomic E-state index is 0.128. The Balaban J connectivity index is 3.31. The summed E-state index contributed by atoms with van der Waals surface area (Å²) in [5, 5.41) is 0. The fourth-order valence-corrected chi connectivity index (χ4v) is 1.63. The molecule has 2 heteroatoms. The minimum atomic E-state index is 0.128. The number of hydrogen-bond acceptors (Lipinski definition) is 2. The van der Waals surface area contributed by atoms with Crippen molar-refractivity contribution in [2.24, 2.45) is 0 Å². The Morgan fingerprint density at radius 1 is 1.00 bits per heavy atom. The molecule has 1 rings (SSSR count). The van der Waals surface area contributed by atoms with Gasteiger partial charge in [0.25, 0.3) is 0 Å². The molecule has 0 bridgehead atoms. The zero-order valence-corrected chi connectivity index (χ0v) is 8.39. The third kappa shape index (κ3) is 1.63. The second-order valence-corrected chi connectivity index (χ2v) is 4.12. The van der Waals surface area contributed by atoms with Crippen molar-refractivity contribution >= 4 is 0 Å². The van der Waals surface area contributed by atoms with Gasteiger partial charge in [-0.25, -0.2) is 9.97 Å². The predicted molar refractivity (Wildman–Crippen MR) is 49.0 cm³/mol. The maximum Gasteiger partial charge on any atom is 0.198 e. The van der Waals surface area contributed by atoms with Crippen molar-refractivity contribution in [2.45, 2.75) is 40.0 Å². The molecule has 1 aromatic heterocycles. The van der Waals surface area contributed by atoms with Crippen molar-refractivity contribution in [3.8, 4) is 0 Å². The number of hydrogen-bond donors (Lipinski definition) is 0. The molecule has 0 spiro atoms. The van der Waals surface area contributed by atoms with E-state index in [9.17, 15) is 0 Å². The third-order valence-electron chi connectivity index (χ3n) is 1.91. The zero-order valence-electron chi connectivity index (χ0n) is 8.39. The first kappa shape index (κ1) is 9.17. The van der Waals surface area contributed by atoms with Crippen molar-refractivity contribution < 1.29 is 0 Å². The lowest BCUT2D eigenvalue weighted by Crippen LogP contribution is -2.16. The summed E-state index contributed by atoms with van der Waals surface area (Å²) in [6.45, 7) is 10.5. The van der Waals surface area contributed by atoms with Crippen LogP contribution in [0.25, 0.3) is 0 Å². The molecule has 0 unspecified atom stereocenters. The number of rotatable bonds is 0. The number of aromatic nitrogens is 2. The highest BCUT2D eigenvalue weighted by Crippen LogP contribution is 2.25. The summed E-state index contributed by atoms with van der Waals surface area (Å²) in [5.74, 6) is 0. The van der Waals surface area contributed by atoms with E-state index in [0.717, 1.165) is 11.4 Å². The van der Waals surface area contributed by atoms with Gasteiger partial charge in [0.05, 0.1) is 0 Å². The van der Waals surface area contributed by atoms with Crippen LogP contribution in [-0.2, 0) is 5.41 Å². The lowest BCUT2D eigenvalue weighted by atomic mass is 9.85. The smallest absolute Gasteiger partial charge is 0.198 e. The lowest BCUT2D eigenvalue weighted by Gasteiger charge is -2.21. The van der Waals surface area contributed by atoms with Crippen molar-refractivity contribution in [1.82, 2.24) is 9.97 Å². The summed E-state index contributed by atoms with van der Waals surface area (Å²) in [7, 11) is 0. The van der Waals surface area contributed by atoms with E-state index >= 15 is 0 Å². The molecule has 0 N–H and O–H groups in total. The van der Waals surface area contributed by atoms with Gasteiger partial charge in [0, 0.05) is 17.0 Å². The molecule has 0 saturated carbocycles. The first-order valence-corrected chi connectivity index (χ1v) is 4.14. The minimum Gasteiger partial charge on any atom is -0.230 e. The second kappa shape index (κ2) is 2.85. The van der Waals surface area contributed by atoms with Crippen LogP contribution in [0.15, 0.2) is 0 Å². The predicted octanol–water partition coefficient (Wildman–Crippen LogP) is 2.19. The van der Waals surface area contributed by atoms with Gasteiger partial charge in [-0.15, -0.1) is 0 Å². The molecule has 0 amide bonds. The highest BCUT2D eigenvalue weighted by molar-refractivity contribution is 5.29. The molecule has 0 aromatic carbocycles. The van der Waals surface area contributed by atoms with Gasteiger partial charge < -0.3 is 0 Å². The highest BCUT2D eigenvalue weighted by atomic mass is 14.8. The monoisotopic (exact) mass is 163 g/mol. The summed E-state index contributed by atoms with van der Waals surface area (Å²) in [6, 6.07) is 0. The maximum atomic E-state index is 4.07. The second-order valence-electron chi connectivity index (χ2n) is 4.12. The summed E-state index contributed by atoms with van der Waals surface area (Å²) >= 11 is 0. The molecule has 2 nitrogen and oxygen atoms in total. The number of nitrogens with zero attached hydrogens (tertiary/aromatic N) is 2. The quantitative estimate of drug-likeness (QED) is 0.586. The fourth-order valence-electron chi connectivity index (χ4n) is 1.63. The molecule has 1 aromatic rings. The normalized spacial score (nSPS) is 11.8. The summed E-state index contributed by atoms with van der Waals surface area (Å²) in [5.41, 5.74) is 3.44. The van der Waals surface area contributed by atoms with E-state index in [1.807, 2.05) is 13.8 Å². The lowest BCUT2D eigenvalue weighted by molar-refractivity contribution is 0.572. The Bertz CT molecular complexity index is 264. The van der Waals surface area contributed by atoms with Gasteiger partial charge in [-0.3, -0.25) is 0 Å². The molecule has 1 radical (unpaired) electrons. The Morgan fingerprint density at radius 3 is 1.67 bits per heavy atom. The van der Waals surface area contributed by atoms with Crippen LogP contribution in [0.2, 0.25) is 0 Å². The van der Waals surface area contributed by atoms with Crippen LogP contribution in [0.1, 0.15) is 37.7 Å². The van der Waals surface area contributed by atoms with Crippen molar-refractivity contribution in [1.29, 1.82) is 0 Å². The Labute approximate surface area is 74.1 Å². The first-order chi connectivity index (χ1) is 5.43. The van der Waals surface area contributed by atoms with Gasteiger partial charge in [-0.05, 0) is 19.3 Å². The Morgan fingerprint density at radius 2 is 1.42 bits per heavy atom. The molecule has 0 saturated heterocycles. The molecule has 0 aliphatic carbocycles. The van der Waals surface area contributed by atoms with Crippen LogP contribution >= 0.6 is 0 Å². The van der Waals surface area contributed by atoms with E-state index in [-0.39, 0.29) is 5.41 Å². The summed E-state index contributed by atoms with van der Waals surface area (Å²) in [4.78, 5) is 8.14. The van der Waals surface area contributed by atoms with Gasteiger partial charge in [0.2, 0.25) is 0 Å². The van der Waals surface area contributed by atoms with Crippen LogP contribution in [0.5, 0.6) is 0 Å². The van der Waals surface area contributed by atoms with Crippen LogP contribution in [0, 0.1) is 20.2 Å². The third-order valence-corrected chi connectivity index (χ3v) is 1.91. The fraction of sp³-hybridized carbons (Fsp3) is 0.600. The molecule has 1 heterocycles. The van der Waals surface area contributed by atoms with E-state index in [1.54, 1.807) is 0 Å². The van der Waals surface area contributed by atoms with Gasteiger partial charge in [0.1, 0.15) is 0 Å². The van der Waals surface area contributed by atoms with E-state index < -0.39 is 0 Å². The van der Waals surface area contributed by atoms with Gasteiger partial charge in [-0.2, -0.15) is 0 Å². The highest BCUT2D eigenvalue weighted by Gasteiger charge is 2.19. The van der Waals surface area contributed by atoms with Crippen LogP contribution in [-0.4, -0.2) is 9.97 Å². The van der Waals surface area contributed by atoms with Gasteiger partial charge in [-0.1, -0.05) is 20.8 Å². The van der Waals surface area contributed by atoms with Crippen molar-refractivity contribution in [3.05, 3.63) is 23.3 Å². The molecular weight excluding hydrogens is 148 g/mol. The van der Waals surface area contributed by atoms with Crippen LogP contribution in [0.3, 0.4) is 0 Å². The van der Waals surface area contributed by atoms with Crippen LogP contribution < -0.4 is 0 Å². The molecule has 12 heavy (non-hydrogen) atoms. The molecular formula is C10H15N2. The largest absolute Gasteiger partial charge is 0.230 e. The average Bonchev–Trinajstić information content (AvgIpc) is 1.82. The average molecular weight is 163 g/mol. The molecule has 0 aliphatic rings. The van der Waals surface area contributed by atoms with Crippen molar-refractivity contribution in [2.75, 3.05) is 0 Å². The zero-order chi connectivity index (χ0) is 9.35. The molecule has 65 valence electrons. The van der Waals surface area contributed by atoms with E-state index in [4.69, 9.17) is 0 Å². The van der Waals surface area contributed by atoms with Gasteiger partial charge >= 0.3 is 0 Å². The molecule has 0 atom stereocenters. The SMILES string of the molecule is Cc1n[c]nc(C)c1C(C)(C)C. The molecule has 0 fully saturated rings. The van der Waals surface area contributed by atoms with Gasteiger partial charge in [0.15, 0.2) is 6.33 Å². The first-order valence-electron chi connectivity index (χ1n) is 4.14. The summed E-state index contributed by atoms with van der Waals surface area (Å²) < 4.78 is 0. The topological polar surface area (TPSA) is 25.8 Å². The van der Waals surface area contributed by atoms with Crippen molar-refractivity contribution in [3.63, 3.8) is 0 Å². The van der Waals surface area contributed by atoms with E-state index in [1.165, 1.54) is 5.56 Å². The number of aryl methyl sites for hydroxylation is 2. The summed E-state index contributed by atoms with van der Waals surface area (Å²) in [6.07, 6.45) is 2.64. The van der Waals surface area contributed by atoms with Crippen LogP contribution in [0.4, 0.5) is 0 Å². The Hall–Kier alpha value is -0.920. The standard InChI is InChI=1S/C10H15N2/c1-7-9(10(3,4)5)8(2)12-6-11-7/h1-5H3. The molecule has 0 aliphatic heterocycles.